The number of hydrogen-bond acceptors (Lipinski definition) is 3. The van der Waals surface area contributed by atoms with Crippen LogP contribution in [0.3, 0.4) is 0 Å². The standard InChI is InChI=1S/C11H13NO3/c1-8(6-13)12-11(15)10-4-2-9(7-14)3-5-10/h2-5,7-8,13H,6H2,1H3,(H,12,15). The summed E-state index contributed by atoms with van der Waals surface area (Å²) in [6.45, 7) is 1.61. The van der Waals surface area contributed by atoms with Crippen molar-refractivity contribution in [3.05, 3.63) is 35.4 Å². The lowest BCUT2D eigenvalue weighted by atomic mass is 10.1. The second kappa shape index (κ2) is 5.26. The van der Waals surface area contributed by atoms with Gasteiger partial charge in [-0.3, -0.25) is 9.59 Å². The van der Waals surface area contributed by atoms with Crippen LogP contribution in [0, 0.1) is 0 Å². The molecule has 0 bridgehead atoms. The third-order valence-electron chi connectivity index (χ3n) is 1.96. The van der Waals surface area contributed by atoms with E-state index in [0.717, 1.165) is 6.29 Å². The third-order valence-corrected chi connectivity index (χ3v) is 1.96. The molecule has 15 heavy (non-hydrogen) atoms. The lowest BCUT2D eigenvalue weighted by Gasteiger charge is -2.10. The maximum atomic E-state index is 11.5. The number of aliphatic hydroxyl groups is 1. The average molecular weight is 207 g/mol. The number of nitrogens with one attached hydrogen (secondary N) is 1. The molecule has 1 amide bonds. The highest BCUT2D eigenvalue weighted by atomic mass is 16.3. The summed E-state index contributed by atoms with van der Waals surface area (Å²) in [6.07, 6.45) is 0.720. The number of rotatable bonds is 4. The topological polar surface area (TPSA) is 66.4 Å². The quantitative estimate of drug-likeness (QED) is 0.711. The van der Waals surface area contributed by atoms with Gasteiger partial charge < -0.3 is 10.4 Å². The zero-order valence-corrected chi connectivity index (χ0v) is 8.43. The Morgan fingerprint density at radius 1 is 1.47 bits per heavy atom. The van der Waals surface area contributed by atoms with E-state index in [2.05, 4.69) is 5.32 Å². The Morgan fingerprint density at radius 2 is 2.07 bits per heavy atom. The molecule has 1 unspecified atom stereocenters. The fraction of sp³-hybridized carbons (Fsp3) is 0.273. The van der Waals surface area contributed by atoms with Crippen molar-refractivity contribution in [2.45, 2.75) is 13.0 Å². The summed E-state index contributed by atoms with van der Waals surface area (Å²) in [7, 11) is 0. The van der Waals surface area contributed by atoms with Gasteiger partial charge in [0.1, 0.15) is 6.29 Å². The van der Waals surface area contributed by atoms with Crippen LogP contribution in [0.15, 0.2) is 24.3 Å². The van der Waals surface area contributed by atoms with E-state index in [9.17, 15) is 9.59 Å². The van der Waals surface area contributed by atoms with Gasteiger partial charge in [0.05, 0.1) is 6.61 Å². The molecule has 0 aliphatic heterocycles. The summed E-state index contributed by atoms with van der Waals surface area (Å²) in [6, 6.07) is 6.02. The minimum absolute atomic E-state index is 0.0990. The first-order valence-electron chi connectivity index (χ1n) is 4.64. The van der Waals surface area contributed by atoms with E-state index in [1.54, 1.807) is 31.2 Å². The highest BCUT2D eigenvalue weighted by molar-refractivity contribution is 5.95. The number of aliphatic hydroxyl groups excluding tert-OH is 1. The number of carbonyl (C=O) groups is 2. The van der Waals surface area contributed by atoms with Gasteiger partial charge in [0.2, 0.25) is 0 Å². The lowest BCUT2D eigenvalue weighted by Crippen LogP contribution is -2.34. The molecule has 4 heteroatoms. The fourth-order valence-electron chi connectivity index (χ4n) is 1.07. The smallest absolute Gasteiger partial charge is 0.251 e. The zero-order valence-electron chi connectivity index (χ0n) is 8.43. The molecule has 4 nitrogen and oxygen atoms in total. The largest absolute Gasteiger partial charge is 0.394 e. The summed E-state index contributed by atoms with van der Waals surface area (Å²) in [5.41, 5.74) is 1.00. The highest BCUT2D eigenvalue weighted by Crippen LogP contribution is 2.02. The second-order valence-electron chi connectivity index (χ2n) is 3.30. The molecule has 1 rings (SSSR count). The van der Waals surface area contributed by atoms with E-state index >= 15 is 0 Å². The molecule has 1 aromatic rings. The van der Waals surface area contributed by atoms with Crippen molar-refractivity contribution < 1.29 is 14.7 Å². The van der Waals surface area contributed by atoms with Gasteiger partial charge in [-0.1, -0.05) is 12.1 Å². The first-order valence-corrected chi connectivity index (χ1v) is 4.64. The summed E-state index contributed by atoms with van der Waals surface area (Å²) < 4.78 is 0. The van der Waals surface area contributed by atoms with Crippen LogP contribution >= 0.6 is 0 Å². The van der Waals surface area contributed by atoms with Gasteiger partial charge in [-0.2, -0.15) is 0 Å². The molecule has 80 valence electrons. The number of benzene rings is 1. The van der Waals surface area contributed by atoms with Crippen molar-refractivity contribution in [1.29, 1.82) is 0 Å². The molecule has 0 spiro atoms. The van der Waals surface area contributed by atoms with E-state index in [1.165, 1.54) is 0 Å². The van der Waals surface area contributed by atoms with Gasteiger partial charge in [-0.25, -0.2) is 0 Å². The van der Waals surface area contributed by atoms with E-state index < -0.39 is 0 Å². The van der Waals surface area contributed by atoms with Gasteiger partial charge in [0.15, 0.2) is 0 Å². The first kappa shape index (κ1) is 11.4. The summed E-state index contributed by atoms with van der Waals surface area (Å²) in [4.78, 5) is 21.9. The zero-order chi connectivity index (χ0) is 11.3. The molecule has 1 aromatic carbocycles. The SMILES string of the molecule is CC(CO)NC(=O)c1ccc(C=O)cc1. The predicted molar refractivity (Wildman–Crippen MR) is 55.8 cm³/mol. The Bertz CT molecular complexity index is 345. The van der Waals surface area contributed by atoms with Gasteiger partial charge in [-0.15, -0.1) is 0 Å². The molecule has 0 radical (unpaired) electrons. The van der Waals surface area contributed by atoms with Gasteiger partial charge in [-0.05, 0) is 19.1 Å². The normalized spacial score (nSPS) is 11.9. The minimum atomic E-state index is -0.275. The summed E-state index contributed by atoms with van der Waals surface area (Å²) >= 11 is 0. The van der Waals surface area contributed by atoms with E-state index in [0.29, 0.717) is 11.1 Å². The van der Waals surface area contributed by atoms with Crippen LogP contribution in [0.2, 0.25) is 0 Å². The second-order valence-corrected chi connectivity index (χ2v) is 3.30. The Kier molecular flexibility index (Phi) is 4.00. The molecule has 0 fully saturated rings. The molecular weight excluding hydrogens is 194 g/mol. The van der Waals surface area contributed by atoms with E-state index in [4.69, 9.17) is 5.11 Å². The number of carbonyl (C=O) groups excluding carboxylic acids is 2. The third kappa shape index (κ3) is 3.18. The van der Waals surface area contributed by atoms with Crippen molar-refractivity contribution >= 4 is 12.2 Å². The molecule has 0 heterocycles. The summed E-state index contributed by atoms with van der Waals surface area (Å²) in [5.74, 6) is -0.256. The van der Waals surface area contributed by atoms with Crippen LogP contribution in [0.5, 0.6) is 0 Å². The molecule has 0 aliphatic carbocycles. The van der Waals surface area contributed by atoms with Gasteiger partial charge >= 0.3 is 0 Å². The molecule has 0 aliphatic rings. The Hall–Kier alpha value is -1.68. The first-order chi connectivity index (χ1) is 7.17. The highest BCUT2D eigenvalue weighted by Gasteiger charge is 2.08. The molecular formula is C11H13NO3. The van der Waals surface area contributed by atoms with Crippen molar-refractivity contribution in [3.63, 3.8) is 0 Å². The predicted octanol–water partition coefficient (Wildman–Crippen LogP) is 0.610. The van der Waals surface area contributed by atoms with E-state index in [-0.39, 0.29) is 18.6 Å². The fourth-order valence-corrected chi connectivity index (χ4v) is 1.07. The monoisotopic (exact) mass is 207 g/mol. The van der Waals surface area contributed by atoms with Crippen LogP contribution in [0.1, 0.15) is 27.6 Å². The lowest BCUT2D eigenvalue weighted by molar-refractivity contribution is 0.0921. The van der Waals surface area contributed by atoms with Crippen LogP contribution in [-0.2, 0) is 0 Å². The maximum Gasteiger partial charge on any atom is 0.251 e. The average Bonchev–Trinajstić information content (AvgIpc) is 2.29. The number of aldehydes is 1. The van der Waals surface area contributed by atoms with E-state index in [1.807, 2.05) is 0 Å². The number of amides is 1. The van der Waals surface area contributed by atoms with Crippen LogP contribution in [-0.4, -0.2) is 29.9 Å². The summed E-state index contributed by atoms with van der Waals surface area (Å²) in [5, 5.41) is 11.4. The Balaban J connectivity index is 2.70. The van der Waals surface area contributed by atoms with Crippen molar-refractivity contribution in [1.82, 2.24) is 5.32 Å². The maximum absolute atomic E-state index is 11.5. The molecule has 1 atom stereocenters. The van der Waals surface area contributed by atoms with Crippen molar-refractivity contribution in [3.8, 4) is 0 Å². The van der Waals surface area contributed by atoms with Crippen molar-refractivity contribution in [2.75, 3.05) is 6.61 Å². The van der Waals surface area contributed by atoms with Gasteiger partial charge in [0, 0.05) is 17.2 Å². The van der Waals surface area contributed by atoms with Crippen LogP contribution in [0.4, 0.5) is 0 Å². The minimum Gasteiger partial charge on any atom is -0.394 e. The van der Waals surface area contributed by atoms with Crippen LogP contribution < -0.4 is 5.32 Å². The molecule has 0 aromatic heterocycles. The van der Waals surface area contributed by atoms with Crippen molar-refractivity contribution in [2.24, 2.45) is 0 Å². The van der Waals surface area contributed by atoms with Gasteiger partial charge in [0.25, 0.3) is 5.91 Å². The van der Waals surface area contributed by atoms with Crippen LogP contribution in [0.25, 0.3) is 0 Å². The molecule has 0 saturated carbocycles. The molecule has 2 N–H and O–H groups in total. The molecule has 0 saturated heterocycles. The Morgan fingerprint density at radius 3 is 2.53 bits per heavy atom. The number of hydrogen-bond donors (Lipinski definition) is 2. The Labute approximate surface area is 87.9 Å².